The summed E-state index contributed by atoms with van der Waals surface area (Å²) in [5.74, 6) is 1.13. The predicted octanol–water partition coefficient (Wildman–Crippen LogP) is 1.53. The van der Waals surface area contributed by atoms with Gasteiger partial charge in [-0.3, -0.25) is 14.6 Å². The fraction of sp³-hybridized carbons (Fsp3) is 0.417. The SMILES string of the molecule is Cc1nn(C)c(C)c1[C@H]1SCC(=O)Nc2[nH]ncc21. The van der Waals surface area contributed by atoms with Crippen molar-refractivity contribution in [2.45, 2.75) is 19.1 Å². The fourth-order valence-electron chi connectivity index (χ4n) is 2.43. The summed E-state index contributed by atoms with van der Waals surface area (Å²) in [6.45, 7) is 4.05. The average Bonchev–Trinajstić information content (AvgIpc) is 2.85. The van der Waals surface area contributed by atoms with E-state index >= 15 is 0 Å². The number of hydrogen-bond acceptors (Lipinski definition) is 4. The highest BCUT2D eigenvalue weighted by Crippen LogP contribution is 2.42. The minimum atomic E-state index is -0.00260. The van der Waals surface area contributed by atoms with Crippen molar-refractivity contribution in [1.82, 2.24) is 20.0 Å². The number of hydrogen-bond donors (Lipinski definition) is 2. The van der Waals surface area contributed by atoms with E-state index in [1.807, 2.05) is 18.7 Å². The van der Waals surface area contributed by atoms with Crippen LogP contribution >= 0.6 is 11.8 Å². The number of amides is 1. The molecule has 0 aliphatic carbocycles. The summed E-state index contributed by atoms with van der Waals surface area (Å²) in [6.07, 6.45) is 1.78. The molecule has 0 aromatic carbocycles. The summed E-state index contributed by atoms with van der Waals surface area (Å²) >= 11 is 1.61. The molecule has 6 nitrogen and oxygen atoms in total. The number of fused-ring (bicyclic) bond motifs is 1. The number of anilines is 1. The van der Waals surface area contributed by atoms with Crippen LogP contribution in [0.25, 0.3) is 0 Å². The topological polar surface area (TPSA) is 75.6 Å². The van der Waals surface area contributed by atoms with Crippen molar-refractivity contribution >= 4 is 23.5 Å². The van der Waals surface area contributed by atoms with Crippen molar-refractivity contribution in [3.05, 3.63) is 28.7 Å². The lowest BCUT2D eigenvalue weighted by molar-refractivity contribution is -0.113. The average molecular weight is 277 g/mol. The zero-order chi connectivity index (χ0) is 13.6. The highest BCUT2D eigenvalue weighted by molar-refractivity contribution is 8.00. The van der Waals surface area contributed by atoms with Crippen LogP contribution in [0.1, 0.15) is 27.8 Å². The molecule has 7 heteroatoms. The minimum Gasteiger partial charge on any atom is -0.310 e. The highest BCUT2D eigenvalue weighted by Gasteiger charge is 2.29. The van der Waals surface area contributed by atoms with Crippen molar-refractivity contribution in [3.63, 3.8) is 0 Å². The third-order valence-electron chi connectivity index (χ3n) is 3.42. The maximum atomic E-state index is 11.7. The van der Waals surface area contributed by atoms with E-state index in [4.69, 9.17) is 0 Å². The quantitative estimate of drug-likeness (QED) is 0.829. The summed E-state index contributed by atoms with van der Waals surface area (Å²) in [5.41, 5.74) is 4.30. The number of aromatic nitrogens is 4. The largest absolute Gasteiger partial charge is 0.310 e. The Balaban J connectivity index is 2.13. The molecule has 1 atom stereocenters. The van der Waals surface area contributed by atoms with Crippen LogP contribution in [0.4, 0.5) is 5.82 Å². The van der Waals surface area contributed by atoms with Crippen molar-refractivity contribution in [2.75, 3.05) is 11.1 Å². The summed E-state index contributed by atoms with van der Waals surface area (Å²) in [4.78, 5) is 11.7. The molecule has 3 rings (SSSR count). The molecule has 0 spiro atoms. The van der Waals surface area contributed by atoms with Crippen LogP contribution in [-0.2, 0) is 11.8 Å². The number of carbonyl (C=O) groups is 1. The first-order chi connectivity index (χ1) is 9.08. The Bertz CT molecular complexity index is 645. The van der Waals surface area contributed by atoms with Crippen molar-refractivity contribution in [2.24, 2.45) is 7.05 Å². The lowest BCUT2D eigenvalue weighted by atomic mass is 10.0. The van der Waals surface area contributed by atoms with Gasteiger partial charge in [-0.1, -0.05) is 0 Å². The van der Waals surface area contributed by atoms with Gasteiger partial charge in [0.05, 0.1) is 22.9 Å². The van der Waals surface area contributed by atoms with Crippen LogP contribution in [0, 0.1) is 13.8 Å². The summed E-state index contributed by atoms with van der Waals surface area (Å²) in [5, 5.41) is 14.3. The Kier molecular flexibility index (Phi) is 2.85. The van der Waals surface area contributed by atoms with Crippen molar-refractivity contribution in [1.29, 1.82) is 0 Å². The normalized spacial score (nSPS) is 18.9. The summed E-state index contributed by atoms with van der Waals surface area (Å²) < 4.78 is 1.88. The van der Waals surface area contributed by atoms with Crippen molar-refractivity contribution < 1.29 is 4.79 Å². The Morgan fingerprint density at radius 2 is 2.26 bits per heavy atom. The standard InChI is InChI=1S/C12H15N5OS/c1-6-10(7(2)17(3)16-6)11-8-4-13-15-12(8)14-9(18)5-19-11/h4,11H,5H2,1-3H3,(H2,13,14,15,18)/t11-/m0/s1. The third kappa shape index (κ3) is 1.94. The number of rotatable bonds is 1. The second kappa shape index (κ2) is 4.41. The van der Waals surface area contributed by atoms with Gasteiger partial charge in [0.1, 0.15) is 5.82 Å². The molecule has 0 saturated heterocycles. The van der Waals surface area contributed by atoms with Crippen LogP contribution in [0.15, 0.2) is 6.20 Å². The van der Waals surface area contributed by atoms with Gasteiger partial charge in [0.2, 0.25) is 5.91 Å². The molecule has 0 bridgehead atoms. The first-order valence-electron chi connectivity index (χ1n) is 6.02. The smallest absolute Gasteiger partial charge is 0.235 e. The Labute approximate surface area is 115 Å². The molecular weight excluding hydrogens is 262 g/mol. The Morgan fingerprint density at radius 1 is 1.47 bits per heavy atom. The molecule has 1 aliphatic rings. The Hall–Kier alpha value is -1.76. The molecule has 0 unspecified atom stereocenters. The second-order valence-electron chi connectivity index (χ2n) is 4.65. The van der Waals surface area contributed by atoms with Gasteiger partial charge in [-0.05, 0) is 13.8 Å². The van der Waals surface area contributed by atoms with Gasteiger partial charge in [-0.2, -0.15) is 10.2 Å². The number of carbonyl (C=O) groups excluding carboxylic acids is 1. The zero-order valence-electron chi connectivity index (χ0n) is 11.0. The van der Waals surface area contributed by atoms with Crippen LogP contribution < -0.4 is 5.32 Å². The maximum absolute atomic E-state index is 11.7. The number of nitrogens with one attached hydrogen (secondary N) is 2. The first-order valence-corrected chi connectivity index (χ1v) is 7.07. The summed E-state index contributed by atoms with van der Waals surface area (Å²) in [7, 11) is 1.94. The lowest BCUT2D eigenvalue weighted by Crippen LogP contribution is -2.12. The molecule has 1 aliphatic heterocycles. The van der Waals surface area contributed by atoms with Crippen LogP contribution in [-0.4, -0.2) is 31.6 Å². The molecule has 2 aromatic heterocycles. The molecular formula is C12H15N5OS. The number of H-pyrrole nitrogens is 1. The molecule has 2 N–H and O–H groups in total. The summed E-state index contributed by atoms with van der Waals surface area (Å²) in [6, 6.07) is 0. The van der Waals surface area contributed by atoms with Crippen LogP contribution in [0.3, 0.4) is 0 Å². The van der Waals surface area contributed by atoms with Gasteiger partial charge < -0.3 is 5.32 Å². The molecule has 19 heavy (non-hydrogen) atoms. The van der Waals surface area contributed by atoms with Crippen molar-refractivity contribution in [3.8, 4) is 0 Å². The highest BCUT2D eigenvalue weighted by atomic mass is 32.2. The zero-order valence-corrected chi connectivity index (χ0v) is 11.8. The maximum Gasteiger partial charge on any atom is 0.235 e. The molecule has 0 saturated carbocycles. The van der Waals surface area contributed by atoms with E-state index in [9.17, 15) is 4.79 Å². The number of aromatic amines is 1. The van der Waals surface area contributed by atoms with E-state index in [0.717, 1.165) is 17.0 Å². The van der Waals surface area contributed by atoms with E-state index in [1.54, 1.807) is 18.0 Å². The van der Waals surface area contributed by atoms with E-state index in [1.165, 1.54) is 5.56 Å². The van der Waals surface area contributed by atoms with Gasteiger partial charge in [-0.15, -0.1) is 11.8 Å². The number of thioether (sulfide) groups is 1. The minimum absolute atomic E-state index is 0.00260. The van der Waals surface area contributed by atoms with E-state index < -0.39 is 0 Å². The van der Waals surface area contributed by atoms with Crippen LogP contribution in [0.5, 0.6) is 0 Å². The third-order valence-corrected chi connectivity index (χ3v) is 4.68. The fourth-order valence-corrected chi connectivity index (χ4v) is 3.68. The van der Waals surface area contributed by atoms with E-state index in [2.05, 4.69) is 27.5 Å². The predicted molar refractivity (Wildman–Crippen MR) is 74.2 cm³/mol. The van der Waals surface area contributed by atoms with Gasteiger partial charge in [0.15, 0.2) is 0 Å². The monoisotopic (exact) mass is 277 g/mol. The number of nitrogens with zero attached hydrogens (tertiary/aromatic N) is 3. The van der Waals surface area contributed by atoms with Gasteiger partial charge >= 0.3 is 0 Å². The lowest BCUT2D eigenvalue weighted by Gasteiger charge is -2.14. The van der Waals surface area contributed by atoms with E-state index in [-0.39, 0.29) is 11.2 Å². The molecule has 0 radical (unpaired) electrons. The second-order valence-corrected chi connectivity index (χ2v) is 5.74. The number of aryl methyl sites for hydroxylation is 2. The van der Waals surface area contributed by atoms with Gasteiger partial charge in [0, 0.05) is 23.9 Å². The molecule has 3 heterocycles. The molecule has 0 fully saturated rings. The van der Waals surface area contributed by atoms with Crippen LogP contribution in [0.2, 0.25) is 0 Å². The molecule has 1 amide bonds. The molecule has 100 valence electrons. The van der Waals surface area contributed by atoms with Gasteiger partial charge in [0.25, 0.3) is 0 Å². The Morgan fingerprint density at radius 3 is 2.95 bits per heavy atom. The molecule has 2 aromatic rings. The first kappa shape index (κ1) is 12.3. The van der Waals surface area contributed by atoms with E-state index in [0.29, 0.717) is 11.6 Å². The van der Waals surface area contributed by atoms with Gasteiger partial charge in [-0.25, -0.2) is 0 Å².